The minimum absolute atomic E-state index is 0.0604. The fourth-order valence-corrected chi connectivity index (χ4v) is 3.33. The smallest absolute Gasteiger partial charge is 0.320 e. The first-order valence-electron chi connectivity index (χ1n) is 8.33. The van der Waals surface area contributed by atoms with Gasteiger partial charge in [-0.3, -0.25) is 4.79 Å². The van der Waals surface area contributed by atoms with Gasteiger partial charge in [-0.1, -0.05) is 26.7 Å². The van der Waals surface area contributed by atoms with Gasteiger partial charge in [0.05, 0.1) is 5.41 Å². The molecule has 120 valence electrons. The van der Waals surface area contributed by atoms with Gasteiger partial charge < -0.3 is 14.9 Å². The maximum absolute atomic E-state index is 12.7. The molecule has 0 aromatic rings. The van der Waals surface area contributed by atoms with E-state index in [9.17, 15) is 14.7 Å². The Morgan fingerprint density at radius 1 is 1.29 bits per heavy atom. The van der Waals surface area contributed by atoms with Crippen molar-refractivity contribution in [2.75, 3.05) is 19.6 Å². The molecule has 0 radical (unpaired) electrons. The summed E-state index contributed by atoms with van der Waals surface area (Å²) < 4.78 is 0. The van der Waals surface area contributed by atoms with Gasteiger partial charge in [0, 0.05) is 25.7 Å². The lowest BCUT2D eigenvalue weighted by molar-refractivity contribution is -0.148. The summed E-state index contributed by atoms with van der Waals surface area (Å²) in [5.41, 5.74) is -0.718. The van der Waals surface area contributed by atoms with Crippen LogP contribution in [0.5, 0.6) is 0 Å². The minimum Gasteiger partial charge on any atom is -0.481 e. The number of carboxylic acid groups (broad SMARTS) is 1. The van der Waals surface area contributed by atoms with Crippen molar-refractivity contribution in [1.29, 1.82) is 0 Å². The monoisotopic (exact) mass is 296 g/mol. The van der Waals surface area contributed by atoms with Crippen LogP contribution in [-0.2, 0) is 4.79 Å². The Hall–Kier alpha value is -1.26. The Kier molecular flexibility index (Phi) is 5.12. The zero-order valence-electron chi connectivity index (χ0n) is 13.3. The van der Waals surface area contributed by atoms with Crippen molar-refractivity contribution < 1.29 is 14.7 Å². The number of carboxylic acids is 1. The van der Waals surface area contributed by atoms with E-state index in [-0.39, 0.29) is 6.03 Å². The van der Waals surface area contributed by atoms with E-state index >= 15 is 0 Å². The van der Waals surface area contributed by atoms with E-state index < -0.39 is 11.4 Å². The summed E-state index contributed by atoms with van der Waals surface area (Å²) in [6.45, 7) is 5.91. The van der Waals surface area contributed by atoms with Gasteiger partial charge in [-0.2, -0.15) is 0 Å². The third-order valence-corrected chi connectivity index (χ3v) is 4.79. The lowest BCUT2D eigenvalue weighted by Gasteiger charge is -2.29. The zero-order chi connectivity index (χ0) is 15.5. The number of hydrogen-bond donors (Lipinski definition) is 1. The number of amides is 2. The molecule has 1 aliphatic heterocycles. The highest BCUT2D eigenvalue weighted by Crippen LogP contribution is 2.37. The Labute approximate surface area is 127 Å². The van der Waals surface area contributed by atoms with Crippen LogP contribution in [0.3, 0.4) is 0 Å². The van der Waals surface area contributed by atoms with Crippen LogP contribution in [0.15, 0.2) is 0 Å². The van der Waals surface area contributed by atoms with E-state index in [1.54, 1.807) is 4.90 Å². The second-order valence-electron chi connectivity index (χ2n) is 6.57. The molecule has 5 nitrogen and oxygen atoms in total. The van der Waals surface area contributed by atoms with Crippen molar-refractivity contribution in [3.05, 3.63) is 0 Å². The van der Waals surface area contributed by atoms with Crippen LogP contribution in [0.25, 0.3) is 0 Å². The molecule has 1 heterocycles. The fraction of sp³-hybridized carbons (Fsp3) is 0.875. The molecule has 1 saturated heterocycles. The molecule has 0 bridgehead atoms. The maximum Gasteiger partial charge on any atom is 0.320 e. The summed E-state index contributed by atoms with van der Waals surface area (Å²) in [6.07, 6.45) is 6.39. The number of rotatable bonds is 7. The van der Waals surface area contributed by atoms with Crippen molar-refractivity contribution >= 4 is 12.0 Å². The van der Waals surface area contributed by atoms with Gasteiger partial charge >= 0.3 is 12.0 Å². The van der Waals surface area contributed by atoms with E-state index in [2.05, 4.69) is 6.92 Å². The highest BCUT2D eigenvalue weighted by Gasteiger charge is 2.47. The molecule has 5 heteroatoms. The first-order chi connectivity index (χ1) is 10.0. The number of aliphatic carboxylic acids is 1. The van der Waals surface area contributed by atoms with Crippen molar-refractivity contribution in [2.45, 2.75) is 64.8 Å². The second-order valence-corrected chi connectivity index (χ2v) is 6.57. The van der Waals surface area contributed by atoms with E-state index in [0.717, 1.165) is 38.6 Å². The number of urea groups is 1. The number of unbranched alkanes of at least 4 members (excludes halogenated alkanes) is 1. The topological polar surface area (TPSA) is 60.9 Å². The first kappa shape index (κ1) is 16.1. The zero-order valence-corrected chi connectivity index (χ0v) is 13.3. The van der Waals surface area contributed by atoms with E-state index in [1.807, 2.05) is 11.8 Å². The SMILES string of the molecule is CCCCN(C(=O)N1CCC(CCC)(C(=O)O)C1)C1CC1. The average Bonchev–Trinajstić information content (AvgIpc) is 3.19. The molecule has 0 aromatic heterocycles. The average molecular weight is 296 g/mol. The summed E-state index contributed by atoms with van der Waals surface area (Å²) in [7, 11) is 0. The van der Waals surface area contributed by atoms with Gasteiger partial charge in [-0.05, 0) is 32.1 Å². The van der Waals surface area contributed by atoms with Crippen LogP contribution in [0.2, 0.25) is 0 Å². The lowest BCUT2D eigenvalue weighted by atomic mass is 9.83. The Morgan fingerprint density at radius 2 is 2.00 bits per heavy atom. The third kappa shape index (κ3) is 3.50. The number of carbonyl (C=O) groups is 2. The van der Waals surface area contributed by atoms with Crippen molar-refractivity contribution in [3.63, 3.8) is 0 Å². The van der Waals surface area contributed by atoms with E-state index in [4.69, 9.17) is 0 Å². The van der Waals surface area contributed by atoms with Gasteiger partial charge in [0.25, 0.3) is 0 Å². The van der Waals surface area contributed by atoms with Gasteiger partial charge in [0.2, 0.25) is 0 Å². The molecule has 2 amide bonds. The number of nitrogens with zero attached hydrogens (tertiary/aromatic N) is 2. The number of likely N-dealkylation sites (tertiary alicyclic amines) is 1. The number of carbonyl (C=O) groups excluding carboxylic acids is 1. The lowest BCUT2D eigenvalue weighted by Crippen LogP contribution is -2.45. The summed E-state index contributed by atoms with van der Waals surface area (Å²) in [5, 5.41) is 9.54. The predicted octanol–water partition coefficient (Wildman–Crippen LogP) is 2.95. The Bertz CT molecular complexity index is 395. The maximum atomic E-state index is 12.7. The molecule has 2 rings (SSSR count). The molecule has 2 aliphatic rings. The Balaban J connectivity index is 2.01. The van der Waals surface area contributed by atoms with Crippen molar-refractivity contribution in [2.24, 2.45) is 5.41 Å². The van der Waals surface area contributed by atoms with Crippen LogP contribution in [0.1, 0.15) is 58.8 Å². The first-order valence-corrected chi connectivity index (χ1v) is 8.33. The van der Waals surface area contributed by atoms with Gasteiger partial charge in [0.15, 0.2) is 0 Å². The Morgan fingerprint density at radius 3 is 2.52 bits per heavy atom. The molecule has 21 heavy (non-hydrogen) atoms. The van der Waals surface area contributed by atoms with E-state index in [0.29, 0.717) is 32.0 Å². The third-order valence-electron chi connectivity index (χ3n) is 4.79. The van der Waals surface area contributed by atoms with Crippen molar-refractivity contribution in [3.8, 4) is 0 Å². The highest BCUT2D eigenvalue weighted by atomic mass is 16.4. The minimum atomic E-state index is -0.744. The molecule has 2 fully saturated rings. The standard InChI is InChI=1S/C16H28N2O3/c1-3-5-10-18(13-6-7-13)15(21)17-11-9-16(12-17,8-4-2)14(19)20/h13H,3-12H2,1-2H3,(H,19,20). The quantitative estimate of drug-likeness (QED) is 0.785. The summed E-state index contributed by atoms with van der Waals surface area (Å²) in [5.74, 6) is -0.744. The van der Waals surface area contributed by atoms with Gasteiger partial charge in [-0.25, -0.2) is 4.79 Å². The summed E-state index contributed by atoms with van der Waals surface area (Å²) >= 11 is 0. The van der Waals surface area contributed by atoms with Crippen molar-refractivity contribution in [1.82, 2.24) is 9.80 Å². The largest absolute Gasteiger partial charge is 0.481 e. The molecule has 1 saturated carbocycles. The van der Waals surface area contributed by atoms with Crippen LogP contribution in [-0.4, -0.2) is 52.6 Å². The summed E-state index contributed by atoms with van der Waals surface area (Å²) in [6, 6.07) is 0.459. The molecule has 0 spiro atoms. The van der Waals surface area contributed by atoms with Gasteiger partial charge in [-0.15, -0.1) is 0 Å². The number of hydrogen-bond acceptors (Lipinski definition) is 2. The normalized spacial score (nSPS) is 25.1. The van der Waals surface area contributed by atoms with Crippen LogP contribution >= 0.6 is 0 Å². The van der Waals surface area contributed by atoms with Crippen LogP contribution in [0.4, 0.5) is 4.79 Å². The molecule has 0 aromatic carbocycles. The second kappa shape index (κ2) is 6.67. The molecule has 1 unspecified atom stereocenters. The van der Waals surface area contributed by atoms with Gasteiger partial charge in [0.1, 0.15) is 0 Å². The highest BCUT2D eigenvalue weighted by molar-refractivity contribution is 5.80. The molecule has 1 N–H and O–H groups in total. The molecule has 1 aliphatic carbocycles. The predicted molar refractivity (Wildman–Crippen MR) is 81.2 cm³/mol. The fourth-order valence-electron chi connectivity index (χ4n) is 3.33. The van der Waals surface area contributed by atoms with Crippen LogP contribution in [0, 0.1) is 5.41 Å². The van der Waals surface area contributed by atoms with E-state index in [1.165, 1.54) is 0 Å². The molecule has 1 atom stereocenters. The molecular weight excluding hydrogens is 268 g/mol. The summed E-state index contributed by atoms with van der Waals surface area (Å²) in [4.78, 5) is 28.1. The molecular formula is C16H28N2O3. The van der Waals surface area contributed by atoms with Crippen LogP contribution < -0.4 is 0 Å².